The molecule has 2 unspecified atom stereocenters. The lowest BCUT2D eigenvalue weighted by molar-refractivity contribution is -0.129. The van der Waals surface area contributed by atoms with E-state index in [1.807, 2.05) is 25.1 Å². The van der Waals surface area contributed by atoms with Crippen LogP contribution >= 0.6 is 0 Å². The van der Waals surface area contributed by atoms with Gasteiger partial charge in [-0.2, -0.15) is 0 Å². The van der Waals surface area contributed by atoms with Crippen molar-refractivity contribution in [3.63, 3.8) is 0 Å². The number of nitrogens with one attached hydrogen (secondary N) is 1. The van der Waals surface area contributed by atoms with E-state index in [4.69, 9.17) is 0 Å². The molecule has 5 rings (SSSR count). The second kappa shape index (κ2) is 5.80. The van der Waals surface area contributed by atoms with E-state index in [0.29, 0.717) is 0 Å². The molecule has 136 valence electrons. The van der Waals surface area contributed by atoms with Crippen molar-refractivity contribution < 1.29 is 9.00 Å². The van der Waals surface area contributed by atoms with Crippen molar-refractivity contribution in [2.75, 3.05) is 6.54 Å². The van der Waals surface area contributed by atoms with Crippen LogP contribution < -0.4 is 5.32 Å². The molecule has 1 N–H and O–H groups in total. The largest absolute Gasteiger partial charge is 0.349 e. The highest BCUT2D eigenvalue weighted by Crippen LogP contribution is 2.55. The smallest absolute Gasteiger partial charge is 0.238 e. The number of hydrogen-bond acceptors (Lipinski definition) is 2. The molecule has 4 nitrogen and oxygen atoms in total. The Morgan fingerprint density at radius 3 is 2.12 bits per heavy atom. The number of rotatable bonds is 3. The Hall–Kier alpha value is -0.420. The van der Waals surface area contributed by atoms with Gasteiger partial charge in [-0.1, -0.05) is 0 Å². The highest BCUT2D eigenvalue weighted by Gasteiger charge is 2.52. The minimum atomic E-state index is -1.10. The molecule has 1 saturated heterocycles. The molecule has 4 aliphatic carbocycles. The van der Waals surface area contributed by atoms with Crippen LogP contribution in [-0.4, -0.2) is 37.3 Å². The van der Waals surface area contributed by atoms with E-state index < -0.39 is 11.0 Å². The fraction of sp³-hybridized carbons (Fsp3) is 0.947. The van der Waals surface area contributed by atoms with Crippen molar-refractivity contribution in [2.24, 2.45) is 17.8 Å². The molecule has 5 heteroatoms. The number of nitrogens with zero attached hydrogens (tertiary/aromatic N) is 1. The van der Waals surface area contributed by atoms with Crippen LogP contribution in [0.2, 0.25) is 0 Å². The van der Waals surface area contributed by atoms with Gasteiger partial charge in [-0.25, -0.2) is 8.51 Å². The normalized spacial score (nSPS) is 43.1. The summed E-state index contributed by atoms with van der Waals surface area (Å²) in [6.07, 6.45) is 9.52. The van der Waals surface area contributed by atoms with Gasteiger partial charge in [0.05, 0.1) is 4.75 Å². The van der Waals surface area contributed by atoms with E-state index in [-0.39, 0.29) is 22.2 Å². The van der Waals surface area contributed by atoms with Crippen LogP contribution in [0.5, 0.6) is 0 Å². The molecule has 0 aromatic rings. The van der Waals surface area contributed by atoms with Crippen LogP contribution in [-0.2, 0) is 15.8 Å². The predicted octanol–water partition coefficient (Wildman–Crippen LogP) is 3.00. The van der Waals surface area contributed by atoms with Gasteiger partial charge in [-0.05, 0) is 89.9 Å². The molecule has 0 spiro atoms. The summed E-state index contributed by atoms with van der Waals surface area (Å²) in [5.41, 5.74) is 0.0588. The molecule has 1 aliphatic heterocycles. The summed E-state index contributed by atoms with van der Waals surface area (Å²) < 4.78 is 14.5. The van der Waals surface area contributed by atoms with Gasteiger partial charge in [0.25, 0.3) is 0 Å². The average molecular weight is 353 g/mol. The summed E-state index contributed by atoms with van der Waals surface area (Å²) in [4.78, 5) is 13.1. The first-order chi connectivity index (χ1) is 11.3. The highest BCUT2D eigenvalue weighted by molar-refractivity contribution is 7.84. The van der Waals surface area contributed by atoms with Crippen LogP contribution in [0.4, 0.5) is 0 Å². The summed E-state index contributed by atoms with van der Waals surface area (Å²) in [5.74, 6) is 2.65. The van der Waals surface area contributed by atoms with Gasteiger partial charge >= 0.3 is 0 Å². The van der Waals surface area contributed by atoms with Gasteiger partial charge in [0.1, 0.15) is 17.0 Å². The molecule has 2 atom stereocenters. The minimum Gasteiger partial charge on any atom is -0.349 e. The number of carbonyl (C=O) groups is 1. The SMILES string of the molecule is CC(C)(C)S(=O)N1CCCC1C(=O)NC12CC3CC(CC(C3)C1)C2. The topological polar surface area (TPSA) is 49.4 Å². The first-order valence-corrected chi connectivity index (χ1v) is 10.9. The molecule has 24 heavy (non-hydrogen) atoms. The fourth-order valence-corrected chi connectivity index (χ4v) is 7.59. The molecule has 1 amide bonds. The van der Waals surface area contributed by atoms with Crippen molar-refractivity contribution >= 4 is 16.9 Å². The summed E-state index contributed by atoms with van der Waals surface area (Å²) in [5, 5.41) is 3.49. The maximum Gasteiger partial charge on any atom is 0.238 e. The van der Waals surface area contributed by atoms with Crippen LogP contribution in [0.15, 0.2) is 0 Å². The maximum absolute atomic E-state index is 13.1. The van der Waals surface area contributed by atoms with E-state index in [1.165, 1.54) is 38.5 Å². The number of carbonyl (C=O) groups excluding carboxylic acids is 1. The molecule has 0 aromatic carbocycles. The van der Waals surface area contributed by atoms with Gasteiger partial charge < -0.3 is 5.32 Å². The first kappa shape index (κ1) is 17.0. The Balaban J connectivity index is 1.47. The third kappa shape index (κ3) is 2.96. The molecular formula is C19H32N2O2S. The van der Waals surface area contributed by atoms with Gasteiger partial charge in [-0.15, -0.1) is 0 Å². The molecule has 0 aromatic heterocycles. The Labute approximate surface area is 148 Å². The van der Waals surface area contributed by atoms with Gasteiger partial charge in [0, 0.05) is 12.1 Å². The van der Waals surface area contributed by atoms with Gasteiger partial charge in [0.15, 0.2) is 0 Å². The summed E-state index contributed by atoms with van der Waals surface area (Å²) in [6, 6.07) is -0.196. The highest BCUT2D eigenvalue weighted by atomic mass is 32.2. The summed E-state index contributed by atoms with van der Waals surface area (Å²) in [7, 11) is -1.10. The van der Waals surface area contributed by atoms with Crippen LogP contribution in [0.25, 0.3) is 0 Å². The van der Waals surface area contributed by atoms with Crippen LogP contribution in [0.3, 0.4) is 0 Å². The lowest BCUT2D eigenvalue weighted by atomic mass is 9.53. The van der Waals surface area contributed by atoms with Crippen molar-refractivity contribution in [3.05, 3.63) is 0 Å². The number of amides is 1. The third-order valence-electron chi connectivity index (χ3n) is 6.67. The Bertz CT molecular complexity index is 519. The molecule has 4 bridgehead atoms. The fourth-order valence-electron chi connectivity index (χ4n) is 6.16. The second-order valence-corrected chi connectivity index (χ2v) is 12.0. The van der Waals surface area contributed by atoms with E-state index in [1.54, 1.807) is 0 Å². The van der Waals surface area contributed by atoms with Gasteiger partial charge in [-0.3, -0.25) is 4.79 Å². The van der Waals surface area contributed by atoms with E-state index in [0.717, 1.165) is 37.1 Å². The molecule has 0 radical (unpaired) electrons. The molecule has 4 saturated carbocycles. The first-order valence-electron chi connectivity index (χ1n) is 9.76. The Kier molecular flexibility index (Phi) is 4.11. The Morgan fingerprint density at radius 2 is 1.62 bits per heavy atom. The minimum absolute atomic E-state index is 0.0588. The predicted molar refractivity (Wildman–Crippen MR) is 96.7 cm³/mol. The monoisotopic (exact) mass is 352 g/mol. The van der Waals surface area contributed by atoms with Crippen molar-refractivity contribution in [1.82, 2.24) is 9.62 Å². The molecular weight excluding hydrogens is 320 g/mol. The average Bonchev–Trinajstić information content (AvgIpc) is 2.92. The zero-order valence-corrected chi connectivity index (χ0v) is 16.2. The van der Waals surface area contributed by atoms with Crippen molar-refractivity contribution in [2.45, 2.75) is 88.5 Å². The number of hydrogen-bond donors (Lipinski definition) is 1. The van der Waals surface area contributed by atoms with Crippen LogP contribution in [0.1, 0.15) is 72.1 Å². The quantitative estimate of drug-likeness (QED) is 0.849. The molecule has 5 aliphatic rings. The standard InChI is InChI=1S/C19H32N2O2S/c1-18(2,3)24(23)21-6-4-5-16(21)17(22)20-19-10-13-7-14(11-19)9-15(8-13)12-19/h13-16H,4-12H2,1-3H3,(H,20,22). The maximum atomic E-state index is 13.1. The third-order valence-corrected chi connectivity index (χ3v) is 8.58. The van der Waals surface area contributed by atoms with E-state index in [9.17, 15) is 9.00 Å². The lowest BCUT2D eigenvalue weighted by Gasteiger charge is -2.57. The van der Waals surface area contributed by atoms with E-state index in [2.05, 4.69) is 5.32 Å². The molecule has 5 fully saturated rings. The van der Waals surface area contributed by atoms with Crippen molar-refractivity contribution in [3.8, 4) is 0 Å². The van der Waals surface area contributed by atoms with Crippen LogP contribution in [0, 0.1) is 17.8 Å². The molecule has 1 heterocycles. The summed E-state index contributed by atoms with van der Waals surface area (Å²) in [6.45, 7) is 6.77. The summed E-state index contributed by atoms with van der Waals surface area (Å²) >= 11 is 0. The van der Waals surface area contributed by atoms with Gasteiger partial charge in [0.2, 0.25) is 5.91 Å². The lowest BCUT2D eigenvalue weighted by Crippen LogP contribution is -2.62. The zero-order chi connectivity index (χ0) is 17.1. The van der Waals surface area contributed by atoms with Crippen molar-refractivity contribution in [1.29, 1.82) is 0 Å². The Morgan fingerprint density at radius 1 is 1.08 bits per heavy atom. The zero-order valence-electron chi connectivity index (χ0n) is 15.3. The second-order valence-electron chi connectivity index (χ2n) is 9.85. The van der Waals surface area contributed by atoms with E-state index >= 15 is 0 Å².